The molecular weight excluding hydrogens is 282 g/mol. The maximum Gasteiger partial charge on any atom is 0.120 e. The number of likely N-dealkylation sites (tertiary alicyclic amines) is 1. The Morgan fingerprint density at radius 1 is 1.53 bits per heavy atom. The Labute approximate surface area is 123 Å². The number of rotatable bonds is 3. The number of methoxy groups -OCH3 is 1. The summed E-state index contributed by atoms with van der Waals surface area (Å²) in [5.41, 5.74) is 6.97. The van der Waals surface area contributed by atoms with Crippen LogP contribution in [0.2, 0.25) is 0 Å². The fraction of sp³-hybridized carbons (Fsp3) is 0.462. The van der Waals surface area contributed by atoms with Crippen LogP contribution in [0, 0.1) is 0 Å². The van der Waals surface area contributed by atoms with Crippen molar-refractivity contribution in [3.8, 4) is 5.75 Å². The second-order valence-corrected chi connectivity index (χ2v) is 5.84. The molecule has 1 aliphatic rings. The van der Waals surface area contributed by atoms with Crippen molar-refractivity contribution in [2.75, 3.05) is 20.2 Å². The van der Waals surface area contributed by atoms with Crippen LogP contribution in [0.5, 0.6) is 5.75 Å². The molecule has 19 heavy (non-hydrogen) atoms. The topological polar surface area (TPSA) is 51.4 Å². The van der Waals surface area contributed by atoms with Gasteiger partial charge in [0.1, 0.15) is 10.8 Å². The van der Waals surface area contributed by atoms with Crippen LogP contribution in [0.4, 0.5) is 0 Å². The summed E-state index contributed by atoms with van der Waals surface area (Å²) in [4.78, 5) is 7.03. The first-order valence-corrected chi connectivity index (χ1v) is 6.97. The number of nitrogens with two attached hydrogens (primary N) is 1. The first-order chi connectivity index (χ1) is 8.74. The predicted octanol–water partition coefficient (Wildman–Crippen LogP) is 2.26. The fourth-order valence-electron chi connectivity index (χ4n) is 2.34. The fourth-order valence-corrected chi connectivity index (χ4v) is 3.38. The quantitative estimate of drug-likeness (QED) is 0.944. The zero-order chi connectivity index (χ0) is 12.5. The van der Waals surface area contributed by atoms with Gasteiger partial charge in [0.05, 0.1) is 23.9 Å². The van der Waals surface area contributed by atoms with E-state index in [0.29, 0.717) is 6.04 Å². The highest BCUT2D eigenvalue weighted by Gasteiger charge is 2.20. The van der Waals surface area contributed by atoms with Gasteiger partial charge in [-0.05, 0) is 24.6 Å². The minimum Gasteiger partial charge on any atom is -0.497 e. The van der Waals surface area contributed by atoms with Crippen molar-refractivity contribution in [3.05, 3.63) is 23.2 Å². The summed E-state index contributed by atoms with van der Waals surface area (Å²) in [6.07, 6.45) is 1.10. The second kappa shape index (κ2) is 6.05. The van der Waals surface area contributed by atoms with E-state index < -0.39 is 0 Å². The van der Waals surface area contributed by atoms with Crippen LogP contribution in [0.15, 0.2) is 18.2 Å². The average Bonchev–Trinajstić information content (AvgIpc) is 2.94. The first kappa shape index (κ1) is 14.5. The normalized spacial score (nSPS) is 19.6. The number of thiazole rings is 1. The zero-order valence-corrected chi connectivity index (χ0v) is 12.5. The van der Waals surface area contributed by atoms with E-state index in [0.717, 1.165) is 42.3 Å². The number of aromatic nitrogens is 1. The van der Waals surface area contributed by atoms with Gasteiger partial charge in [-0.1, -0.05) is 0 Å². The Kier molecular flexibility index (Phi) is 4.62. The van der Waals surface area contributed by atoms with E-state index in [-0.39, 0.29) is 12.4 Å². The predicted molar refractivity (Wildman–Crippen MR) is 81.3 cm³/mol. The number of hydrogen-bond acceptors (Lipinski definition) is 5. The maximum absolute atomic E-state index is 5.92. The number of ether oxygens (including phenoxy) is 1. The molecular formula is C13H18ClN3OS. The molecule has 0 bridgehead atoms. The van der Waals surface area contributed by atoms with Gasteiger partial charge in [0.25, 0.3) is 0 Å². The lowest BCUT2D eigenvalue weighted by molar-refractivity contribution is 0.326. The lowest BCUT2D eigenvalue weighted by atomic mass is 10.3. The van der Waals surface area contributed by atoms with E-state index >= 15 is 0 Å². The summed E-state index contributed by atoms with van der Waals surface area (Å²) in [5, 5.41) is 1.16. The Morgan fingerprint density at radius 2 is 2.37 bits per heavy atom. The molecule has 2 heterocycles. The summed E-state index contributed by atoms with van der Waals surface area (Å²) in [7, 11) is 1.69. The van der Waals surface area contributed by atoms with Crippen LogP contribution in [-0.2, 0) is 6.54 Å². The third kappa shape index (κ3) is 3.17. The second-order valence-electron chi connectivity index (χ2n) is 4.73. The molecule has 1 atom stereocenters. The highest BCUT2D eigenvalue weighted by molar-refractivity contribution is 7.18. The number of fused-ring (bicyclic) bond motifs is 1. The molecule has 2 N–H and O–H groups in total. The molecule has 4 nitrogen and oxygen atoms in total. The highest BCUT2D eigenvalue weighted by Crippen LogP contribution is 2.27. The van der Waals surface area contributed by atoms with Gasteiger partial charge >= 0.3 is 0 Å². The third-order valence-electron chi connectivity index (χ3n) is 3.31. The summed E-state index contributed by atoms with van der Waals surface area (Å²) in [5.74, 6) is 0.890. The molecule has 1 saturated heterocycles. The standard InChI is InChI=1S/C13H17N3OS.ClH/c1-17-10-2-3-11-12(6-10)18-13(15-11)8-16-5-4-9(14)7-16;/h2-3,6,9H,4-5,7-8,14H2,1H3;1H. The van der Waals surface area contributed by atoms with Crippen LogP contribution in [0.3, 0.4) is 0 Å². The Bertz CT molecular complexity index is 560. The van der Waals surface area contributed by atoms with Gasteiger partial charge in [0.15, 0.2) is 0 Å². The van der Waals surface area contributed by atoms with Crippen molar-refractivity contribution >= 4 is 34.0 Å². The monoisotopic (exact) mass is 299 g/mol. The Hall–Kier alpha value is -0.880. The van der Waals surface area contributed by atoms with Crippen molar-refractivity contribution in [1.82, 2.24) is 9.88 Å². The number of hydrogen-bond donors (Lipinski definition) is 1. The van der Waals surface area contributed by atoms with Gasteiger partial charge in [-0.15, -0.1) is 23.7 Å². The lowest BCUT2D eigenvalue weighted by Crippen LogP contribution is -2.26. The molecule has 3 rings (SSSR count). The summed E-state index contributed by atoms with van der Waals surface area (Å²) in [6.45, 7) is 2.98. The van der Waals surface area contributed by atoms with E-state index in [1.807, 2.05) is 18.2 Å². The largest absolute Gasteiger partial charge is 0.497 e. The molecule has 1 unspecified atom stereocenters. The number of halogens is 1. The Morgan fingerprint density at radius 3 is 3.05 bits per heavy atom. The van der Waals surface area contributed by atoms with E-state index in [9.17, 15) is 0 Å². The van der Waals surface area contributed by atoms with E-state index in [2.05, 4.69) is 9.88 Å². The van der Waals surface area contributed by atoms with Gasteiger partial charge in [0.2, 0.25) is 0 Å². The van der Waals surface area contributed by atoms with Crippen molar-refractivity contribution in [2.45, 2.75) is 19.0 Å². The zero-order valence-electron chi connectivity index (χ0n) is 10.8. The molecule has 1 aliphatic heterocycles. The molecule has 0 amide bonds. The highest BCUT2D eigenvalue weighted by atomic mass is 35.5. The SMILES string of the molecule is COc1ccc2nc(CN3CCC(N)C3)sc2c1.Cl. The molecule has 0 radical (unpaired) electrons. The Balaban J connectivity index is 0.00000133. The molecule has 0 aliphatic carbocycles. The molecule has 0 spiro atoms. The molecule has 1 aromatic carbocycles. The van der Waals surface area contributed by atoms with Crippen LogP contribution in [0.1, 0.15) is 11.4 Å². The lowest BCUT2D eigenvalue weighted by Gasteiger charge is -2.12. The molecule has 0 saturated carbocycles. The minimum absolute atomic E-state index is 0. The van der Waals surface area contributed by atoms with Gasteiger partial charge in [0, 0.05) is 19.1 Å². The van der Waals surface area contributed by atoms with Crippen LogP contribution in [0.25, 0.3) is 10.2 Å². The molecule has 2 aromatic rings. The van der Waals surface area contributed by atoms with Gasteiger partial charge in [-0.3, -0.25) is 4.90 Å². The third-order valence-corrected chi connectivity index (χ3v) is 4.31. The van der Waals surface area contributed by atoms with Crippen molar-refractivity contribution in [2.24, 2.45) is 5.73 Å². The van der Waals surface area contributed by atoms with E-state index in [1.165, 1.54) is 4.70 Å². The molecule has 1 fully saturated rings. The molecule has 6 heteroatoms. The van der Waals surface area contributed by atoms with E-state index in [1.54, 1.807) is 18.4 Å². The van der Waals surface area contributed by atoms with Crippen LogP contribution in [-0.4, -0.2) is 36.1 Å². The van der Waals surface area contributed by atoms with Crippen molar-refractivity contribution in [3.63, 3.8) is 0 Å². The summed E-state index contributed by atoms with van der Waals surface area (Å²) in [6, 6.07) is 6.35. The van der Waals surface area contributed by atoms with Crippen LogP contribution < -0.4 is 10.5 Å². The van der Waals surface area contributed by atoms with Crippen LogP contribution >= 0.6 is 23.7 Å². The smallest absolute Gasteiger partial charge is 0.120 e. The summed E-state index contributed by atoms with van der Waals surface area (Å²) < 4.78 is 6.42. The maximum atomic E-state index is 5.92. The molecule has 1 aromatic heterocycles. The van der Waals surface area contributed by atoms with Gasteiger partial charge in [-0.25, -0.2) is 4.98 Å². The minimum atomic E-state index is 0. The number of nitrogens with zero attached hydrogens (tertiary/aromatic N) is 2. The summed E-state index contributed by atoms with van der Waals surface area (Å²) >= 11 is 1.74. The number of benzene rings is 1. The van der Waals surface area contributed by atoms with E-state index in [4.69, 9.17) is 10.5 Å². The first-order valence-electron chi connectivity index (χ1n) is 6.16. The van der Waals surface area contributed by atoms with Crippen molar-refractivity contribution < 1.29 is 4.74 Å². The average molecular weight is 300 g/mol. The van der Waals surface area contributed by atoms with Crippen molar-refractivity contribution in [1.29, 1.82) is 0 Å². The van der Waals surface area contributed by atoms with Gasteiger partial charge < -0.3 is 10.5 Å². The van der Waals surface area contributed by atoms with Gasteiger partial charge in [-0.2, -0.15) is 0 Å². The molecule has 104 valence electrons.